The van der Waals surface area contributed by atoms with Gasteiger partial charge in [-0.1, -0.05) is 17.7 Å². The van der Waals surface area contributed by atoms with Crippen LogP contribution in [-0.2, 0) is 4.79 Å². The summed E-state index contributed by atoms with van der Waals surface area (Å²) >= 11 is 0. The van der Waals surface area contributed by atoms with E-state index in [9.17, 15) is 4.79 Å². The van der Waals surface area contributed by atoms with Gasteiger partial charge in [0.1, 0.15) is 5.75 Å². The predicted octanol–water partition coefficient (Wildman–Crippen LogP) is 3.10. The number of anilines is 1. The molecule has 0 aliphatic heterocycles. The number of aromatic nitrogens is 1. The molecule has 4 nitrogen and oxygen atoms in total. The van der Waals surface area contributed by atoms with Gasteiger partial charge in [-0.2, -0.15) is 0 Å². The van der Waals surface area contributed by atoms with Gasteiger partial charge >= 0.3 is 0 Å². The van der Waals surface area contributed by atoms with Gasteiger partial charge in [0.2, 0.25) is 0 Å². The smallest absolute Gasteiger partial charge is 0.265 e. The minimum atomic E-state index is -0.573. The van der Waals surface area contributed by atoms with Crippen molar-refractivity contribution in [3.8, 4) is 5.75 Å². The number of carbonyl (C=O) groups is 1. The van der Waals surface area contributed by atoms with Crippen LogP contribution in [-0.4, -0.2) is 17.0 Å². The quantitative estimate of drug-likeness (QED) is 0.928. The molecule has 1 N–H and O–H groups in total. The topological polar surface area (TPSA) is 51.2 Å². The maximum atomic E-state index is 12.0. The van der Waals surface area contributed by atoms with Crippen LogP contribution in [0.2, 0.25) is 0 Å². The summed E-state index contributed by atoms with van der Waals surface area (Å²) < 4.78 is 5.70. The number of rotatable bonds is 4. The molecule has 0 saturated carbocycles. The Morgan fingerprint density at radius 2 is 2.10 bits per heavy atom. The van der Waals surface area contributed by atoms with E-state index in [-0.39, 0.29) is 5.91 Å². The Bertz CT molecular complexity index is 597. The molecular formula is C16H18N2O2. The molecule has 0 aliphatic carbocycles. The van der Waals surface area contributed by atoms with E-state index in [1.807, 2.05) is 32.0 Å². The van der Waals surface area contributed by atoms with Crippen molar-refractivity contribution in [2.24, 2.45) is 0 Å². The lowest BCUT2D eigenvalue weighted by atomic mass is 10.1. The molecule has 0 radical (unpaired) electrons. The fraction of sp³-hybridized carbons (Fsp3) is 0.250. The maximum absolute atomic E-state index is 12.0. The van der Waals surface area contributed by atoms with Gasteiger partial charge in [-0.3, -0.25) is 9.78 Å². The Kier molecular flexibility index (Phi) is 4.35. The van der Waals surface area contributed by atoms with E-state index in [1.54, 1.807) is 31.5 Å². The molecule has 0 bridgehead atoms. The summed E-state index contributed by atoms with van der Waals surface area (Å²) in [6.07, 6.45) is 2.68. The lowest BCUT2D eigenvalue weighted by Crippen LogP contribution is -2.30. The van der Waals surface area contributed by atoms with Crippen molar-refractivity contribution in [2.75, 3.05) is 5.32 Å². The average molecular weight is 270 g/mol. The van der Waals surface area contributed by atoms with E-state index in [0.29, 0.717) is 5.69 Å². The summed E-state index contributed by atoms with van der Waals surface area (Å²) in [5.41, 5.74) is 2.85. The number of carbonyl (C=O) groups excluding carboxylic acids is 1. The SMILES string of the molecule is Cc1ccc(OC(C)C(=O)Nc2cccnc2)c(C)c1. The Balaban J connectivity index is 2.00. The van der Waals surface area contributed by atoms with E-state index in [4.69, 9.17) is 4.74 Å². The van der Waals surface area contributed by atoms with Crippen LogP contribution < -0.4 is 10.1 Å². The number of benzene rings is 1. The second-order valence-electron chi connectivity index (χ2n) is 4.76. The van der Waals surface area contributed by atoms with Crippen molar-refractivity contribution in [1.82, 2.24) is 4.98 Å². The molecule has 0 saturated heterocycles. The number of hydrogen-bond donors (Lipinski definition) is 1. The van der Waals surface area contributed by atoms with E-state index in [0.717, 1.165) is 11.3 Å². The van der Waals surface area contributed by atoms with E-state index in [2.05, 4.69) is 10.3 Å². The first-order valence-electron chi connectivity index (χ1n) is 6.51. The van der Waals surface area contributed by atoms with Crippen LogP contribution in [0.1, 0.15) is 18.1 Å². The van der Waals surface area contributed by atoms with Gasteiger partial charge in [-0.15, -0.1) is 0 Å². The van der Waals surface area contributed by atoms with E-state index in [1.165, 1.54) is 5.56 Å². The van der Waals surface area contributed by atoms with Crippen LogP contribution in [0.15, 0.2) is 42.7 Å². The summed E-state index contributed by atoms with van der Waals surface area (Å²) in [5.74, 6) is 0.530. The number of ether oxygens (including phenoxy) is 1. The van der Waals surface area contributed by atoms with Crippen LogP contribution in [0, 0.1) is 13.8 Å². The van der Waals surface area contributed by atoms with Gasteiger partial charge in [0.05, 0.1) is 11.9 Å². The van der Waals surface area contributed by atoms with E-state index < -0.39 is 6.10 Å². The molecule has 1 aromatic carbocycles. The molecule has 1 heterocycles. The van der Waals surface area contributed by atoms with Gasteiger partial charge in [0.15, 0.2) is 6.10 Å². The van der Waals surface area contributed by atoms with Crippen LogP contribution in [0.5, 0.6) is 5.75 Å². The first kappa shape index (κ1) is 14.1. The van der Waals surface area contributed by atoms with Crippen molar-refractivity contribution >= 4 is 11.6 Å². The molecule has 0 aliphatic rings. The van der Waals surface area contributed by atoms with Crippen LogP contribution >= 0.6 is 0 Å². The monoisotopic (exact) mass is 270 g/mol. The lowest BCUT2D eigenvalue weighted by Gasteiger charge is -2.16. The third-order valence-corrected chi connectivity index (χ3v) is 2.93. The highest BCUT2D eigenvalue weighted by Gasteiger charge is 2.15. The van der Waals surface area contributed by atoms with Gasteiger partial charge < -0.3 is 10.1 Å². The minimum Gasteiger partial charge on any atom is -0.481 e. The normalized spacial score (nSPS) is 11.8. The third-order valence-electron chi connectivity index (χ3n) is 2.93. The van der Waals surface area contributed by atoms with Gasteiger partial charge in [0, 0.05) is 6.20 Å². The van der Waals surface area contributed by atoms with Crippen molar-refractivity contribution in [3.05, 3.63) is 53.9 Å². The van der Waals surface area contributed by atoms with Gasteiger partial charge in [-0.05, 0) is 44.5 Å². The largest absolute Gasteiger partial charge is 0.481 e. The van der Waals surface area contributed by atoms with Gasteiger partial charge in [-0.25, -0.2) is 0 Å². The number of hydrogen-bond acceptors (Lipinski definition) is 3. The van der Waals surface area contributed by atoms with Crippen molar-refractivity contribution < 1.29 is 9.53 Å². The zero-order valence-electron chi connectivity index (χ0n) is 11.9. The zero-order valence-corrected chi connectivity index (χ0v) is 11.9. The summed E-state index contributed by atoms with van der Waals surface area (Å²) in [6.45, 7) is 5.72. The molecule has 2 aromatic rings. The molecule has 1 atom stereocenters. The number of amides is 1. The molecule has 104 valence electrons. The highest BCUT2D eigenvalue weighted by atomic mass is 16.5. The molecule has 0 fully saturated rings. The lowest BCUT2D eigenvalue weighted by molar-refractivity contribution is -0.122. The highest BCUT2D eigenvalue weighted by molar-refractivity contribution is 5.93. The first-order chi connectivity index (χ1) is 9.56. The molecule has 4 heteroatoms. The van der Waals surface area contributed by atoms with Gasteiger partial charge in [0.25, 0.3) is 5.91 Å². The Morgan fingerprint density at radius 1 is 1.30 bits per heavy atom. The summed E-state index contributed by atoms with van der Waals surface area (Å²) in [7, 11) is 0. The molecule has 1 aromatic heterocycles. The fourth-order valence-corrected chi connectivity index (χ4v) is 1.86. The Morgan fingerprint density at radius 3 is 2.75 bits per heavy atom. The first-order valence-corrected chi connectivity index (χ1v) is 6.51. The number of aryl methyl sites for hydroxylation is 2. The average Bonchev–Trinajstić information content (AvgIpc) is 2.43. The molecular weight excluding hydrogens is 252 g/mol. The van der Waals surface area contributed by atoms with Crippen LogP contribution in [0.3, 0.4) is 0 Å². The second kappa shape index (κ2) is 6.19. The van der Waals surface area contributed by atoms with Crippen molar-refractivity contribution in [2.45, 2.75) is 26.9 Å². The summed E-state index contributed by atoms with van der Waals surface area (Å²) in [5, 5.41) is 2.77. The number of nitrogens with zero attached hydrogens (tertiary/aromatic N) is 1. The minimum absolute atomic E-state index is 0.196. The van der Waals surface area contributed by atoms with Crippen molar-refractivity contribution in [3.63, 3.8) is 0 Å². The van der Waals surface area contributed by atoms with E-state index >= 15 is 0 Å². The number of pyridine rings is 1. The standard InChI is InChI=1S/C16H18N2O2/c1-11-6-7-15(12(2)9-11)20-13(3)16(19)18-14-5-4-8-17-10-14/h4-10,13H,1-3H3,(H,18,19). The summed E-state index contributed by atoms with van der Waals surface area (Å²) in [4.78, 5) is 16.0. The maximum Gasteiger partial charge on any atom is 0.265 e. The Labute approximate surface area is 118 Å². The highest BCUT2D eigenvalue weighted by Crippen LogP contribution is 2.20. The molecule has 20 heavy (non-hydrogen) atoms. The third kappa shape index (κ3) is 3.57. The fourth-order valence-electron chi connectivity index (χ4n) is 1.86. The molecule has 0 spiro atoms. The van der Waals surface area contributed by atoms with Crippen LogP contribution in [0.25, 0.3) is 0 Å². The van der Waals surface area contributed by atoms with Crippen LogP contribution in [0.4, 0.5) is 5.69 Å². The molecule has 1 amide bonds. The Hall–Kier alpha value is -2.36. The van der Waals surface area contributed by atoms with Crippen molar-refractivity contribution in [1.29, 1.82) is 0 Å². The molecule has 1 unspecified atom stereocenters. The summed E-state index contributed by atoms with van der Waals surface area (Å²) in [6, 6.07) is 9.44. The second-order valence-corrected chi connectivity index (χ2v) is 4.76. The zero-order chi connectivity index (χ0) is 14.5. The predicted molar refractivity (Wildman–Crippen MR) is 78.9 cm³/mol. The molecule has 2 rings (SSSR count). The number of nitrogens with one attached hydrogen (secondary N) is 1.